The minimum atomic E-state index is -0.783. The zero-order valence-electron chi connectivity index (χ0n) is 20.3. The number of hydrogen-bond acceptors (Lipinski definition) is 8. The highest BCUT2D eigenvalue weighted by Gasteiger charge is 2.17. The van der Waals surface area contributed by atoms with Crippen LogP contribution in [0, 0.1) is 0 Å². The molecule has 0 bridgehead atoms. The number of thiazole rings is 1. The first-order valence-electron chi connectivity index (χ1n) is 12.0. The second-order valence-corrected chi connectivity index (χ2v) is 9.41. The van der Waals surface area contributed by atoms with E-state index in [1.807, 2.05) is 17.5 Å². The van der Waals surface area contributed by atoms with Gasteiger partial charge in [-0.2, -0.15) is 0 Å². The van der Waals surface area contributed by atoms with Gasteiger partial charge in [-0.15, -0.1) is 11.3 Å². The van der Waals surface area contributed by atoms with E-state index in [-0.39, 0.29) is 24.0 Å². The molecular weight excluding hydrogens is 494 g/mol. The van der Waals surface area contributed by atoms with Crippen LogP contribution in [-0.4, -0.2) is 39.1 Å². The number of carbonyl (C=O) groups excluding carboxylic acids is 3. The molecule has 1 unspecified atom stereocenters. The van der Waals surface area contributed by atoms with Crippen molar-refractivity contribution in [2.24, 2.45) is 5.73 Å². The van der Waals surface area contributed by atoms with Crippen molar-refractivity contribution in [2.45, 2.75) is 51.0 Å². The molecule has 0 fully saturated rings. The van der Waals surface area contributed by atoms with Crippen LogP contribution < -0.4 is 21.8 Å². The van der Waals surface area contributed by atoms with Gasteiger partial charge in [0.15, 0.2) is 5.13 Å². The highest BCUT2D eigenvalue weighted by molar-refractivity contribution is 7.14. The Morgan fingerprint density at radius 1 is 0.919 bits per heavy atom. The maximum Gasteiger partial charge on any atom is 0.243 e. The fourth-order valence-corrected chi connectivity index (χ4v) is 4.36. The fourth-order valence-electron chi connectivity index (χ4n) is 3.64. The number of nitrogens with one attached hydrogen (secondary N) is 3. The Labute approximate surface area is 218 Å². The minimum absolute atomic E-state index is 0.143. The number of aromatic nitrogens is 1. The number of benzene rings is 2. The van der Waals surface area contributed by atoms with Gasteiger partial charge in [-0.05, 0) is 43.0 Å². The van der Waals surface area contributed by atoms with E-state index in [1.165, 1.54) is 11.3 Å². The van der Waals surface area contributed by atoms with Crippen LogP contribution >= 0.6 is 11.3 Å². The molecule has 2 aromatic carbocycles. The van der Waals surface area contributed by atoms with E-state index < -0.39 is 11.9 Å². The summed E-state index contributed by atoms with van der Waals surface area (Å²) in [7, 11) is 0. The van der Waals surface area contributed by atoms with Crippen LogP contribution in [0.25, 0.3) is 11.3 Å². The van der Waals surface area contributed by atoms with Gasteiger partial charge in [0.1, 0.15) is 5.75 Å². The Morgan fingerprint density at radius 3 is 2.30 bits per heavy atom. The molecule has 0 aliphatic carbocycles. The van der Waals surface area contributed by atoms with Gasteiger partial charge >= 0.3 is 0 Å². The molecule has 3 rings (SSSR count). The number of rotatable bonds is 13. The van der Waals surface area contributed by atoms with Gasteiger partial charge in [-0.1, -0.05) is 43.2 Å². The molecular formula is C26H31N5O5S. The molecule has 3 amide bonds. The standard InChI is InChI=1S/C26H31N5O5S/c27-20(15-17-11-13-18(32)14-12-17)25(35)28-21-8-6-5-7-19(21)22-16-37-26(29-22)30-23(33)9-3-1-2-4-10-24(34)31-36/h5-8,11-14,16,20,32,36H,1-4,9-10,15,27H2,(H,28,35)(H,31,34)(H,29,30,33). The van der Waals surface area contributed by atoms with Crippen molar-refractivity contribution in [1.29, 1.82) is 0 Å². The first-order valence-corrected chi connectivity index (χ1v) is 12.9. The third-order valence-corrected chi connectivity index (χ3v) is 6.38. The second kappa shape index (κ2) is 14.1. The maximum absolute atomic E-state index is 12.7. The van der Waals surface area contributed by atoms with Crippen LogP contribution in [0.3, 0.4) is 0 Å². The Morgan fingerprint density at radius 2 is 1.59 bits per heavy atom. The van der Waals surface area contributed by atoms with Crippen molar-refractivity contribution in [3.63, 3.8) is 0 Å². The van der Waals surface area contributed by atoms with Gasteiger partial charge in [-0.25, -0.2) is 10.5 Å². The van der Waals surface area contributed by atoms with E-state index in [1.54, 1.807) is 41.9 Å². The van der Waals surface area contributed by atoms with Crippen molar-refractivity contribution in [3.05, 3.63) is 59.5 Å². The number of phenols is 1. The van der Waals surface area contributed by atoms with E-state index in [2.05, 4.69) is 15.6 Å². The van der Waals surface area contributed by atoms with Crippen LogP contribution in [0.4, 0.5) is 10.8 Å². The summed E-state index contributed by atoms with van der Waals surface area (Å²) >= 11 is 1.29. The number of unbranched alkanes of at least 4 members (excludes halogenated alkanes) is 3. The second-order valence-electron chi connectivity index (χ2n) is 8.55. The van der Waals surface area contributed by atoms with Crippen molar-refractivity contribution < 1.29 is 24.7 Å². The lowest BCUT2D eigenvalue weighted by Crippen LogP contribution is -2.37. The molecule has 1 aromatic heterocycles. The predicted molar refractivity (Wildman–Crippen MR) is 142 cm³/mol. The number of carbonyl (C=O) groups is 3. The number of anilines is 2. The molecule has 10 nitrogen and oxygen atoms in total. The Balaban J connectivity index is 1.52. The summed E-state index contributed by atoms with van der Waals surface area (Å²) in [4.78, 5) is 40.5. The average Bonchev–Trinajstić information content (AvgIpc) is 3.35. The quantitative estimate of drug-likeness (QED) is 0.112. The smallest absolute Gasteiger partial charge is 0.243 e. The SMILES string of the molecule is NC(Cc1ccc(O)cc1)C(=O)Nc1ccccc1-c1csc(NC(=O)CCCCCCC(=O)NO)n1. The predicted octanol–water partition coefficient (Wildman–Crippen LogP) is 3.81. The summed E-state index contributed by atoms with van der Waals surface area (Å²) in [6.45, 7) is 0. The first-order chi connectivity index (χ1) is 17.9. The van der Waals surface area contributed by atoms with E-state index in [0.717, 1.165) is 18.4 Å². The van der Waals surface area contributed by atoms with Gasteiger partial charge in [0.05, 0.1) is 17.4 Å². The highest BCUT2D eigenvalue weighted by atomic mass is 32.1. The molecule has 3 aromatic rings. The number of amides is 3. The molecule has 196 valence electrons. The molecule has 0 spiro atoms. The molecule has 0 radical (unpaired) electrons. The van der Waals surface area contributed by atoms with Gasteiger partial charge in [0.25, 0.3) is 0 Å². The van der Waals surface area contributed by atoms with Crippen LogP contribution in [0.1, 0.15) is 44.1 Å². The molecule has 1 heterocycles. The summed E-state index contributed by atoms with van der Waals surface area (Å²) in [5.41, 5.74) is 10.4. The Kier molecular flexibility index (Phi) is 10.6. The summed E-state index contributed by atoms with van der Waals surface area (Å²) in [5, 5.41) is 25.8. The maximum atomic E-state index is 12.7. The first kappa shape index (κ1) is 27.8. The monoisotopic (exact) mass is 525 g/mol. The number of para-hydroxylation sites is 1. The molecule has 0 aliphatic rings. The number of hydrogen-bond donors (Lipinski definition) is 6. The van der Waals surface area contributed by atoms with Gasteiger partial charge < -0.3 is 21.5 Å². The summed E-state index contributed by atoms with van der Waals surface area (Å²) in [5.74, 6) is -0.746. The van der Waals surface area contributed by atoms with Crippen molar-refractivity contribution in [3.8, 4) is 17.0 Å². The van der Waals surface area contributed by atoms with E-state index in [9.17, 15) is 19.5 Å². The van der Waals surface area contributed by atoms with Crippen molar-refractivity contribution in [1.82, 2.24) is 10.5 Å². The lowest BCUT2D eigenvalue weighted by molar-refractivity contribution is -0.129. The lowest BCUT2D eigenvalue weighted by atomic mass is 10.1. The molecule has 37 heavy (non-hydrogen) atoms. The van der Waals surface area contributed by atoms with Crippen LogP contribution in [-0.2, 0) is 20.8 Å². The van der Waals surface area contributed by atoms with E-state index in [4.69, 9.17) is 10.9 Å². The number of aromatic hydroxyl groups is 1. The molecule has 0 aliphatic heterocycles. The third kappa shape index (κ3) is 8.98. The number of nitrogens with two attached hydrogens (primary N) is 1. The molecule has 7 N–H and O–H groups in total. The molecule has 0 saturated heterocycles. The molecule has 1 atom stereocenters. The van der Waals surface area contributed by atoms with Crippen molar-refractivity contribution in [2.75, 3.05) is 10.6 Å². The van der Waals surface area contributed by atoms with Gasteiger partial charge in [0, 0.05) is 23.8 Å². The van der Waals surface area contributed by atoms with E-state index in [0.29, 0.717) is 47.8 Å². The third-order valence-electron chi connectivity index (χ3n) is 5.62. The van der Waals surface area contributed by atoms with Crippen LogP contribution in [0.5, 0.6) is 5.75 Å². The van der Waals surface area contributed by atoms with Crippen molar-refractivity contribution >= 4 is 39.9 Å². The van der Waals surface area contributed by atoms with Gasteiger partial charge in [-0.3, -0.25) is 19.6 Å². The number of nitrogens with zero attached hydrogens (tertiary/aromatic N) is 1. The van der Waals surface area contributed by atoms with E-state index >= 15 is 0 Å². The van der Waals surface area contributed by atoms with Crippen LogP contribution in [0.15, 0.2) is 53.9 Å². The highest BCUT2D eigenvalue weighted by Crippen LogP contribution is 2.31. The molecule has 11 heteroatoms. The van der Waals surface area contributed by atoms with Crippen LogP contribution in [0.2, 0.25) is 0 Å². The largest absolute Gasteiger partial charge is 0.508 e. The lowest BCUT2D eigenvalue weighted by Gasteiger charge is -2.14. The summed E-state index contributed by atoms with van der Waals surface area (Å²) in [6.07, 6.45) is 3.86. The Hall–Kier alpha value is -3.80. The molecule has 0 saturated carbocycles. The normalized spacial score (nSPS) is 11.5. The number of hydroxylamine groups is 1. The topological polar surface area (TPSA) is 167 Å². The zero-order valence-corrected chi connectivity index (χ0v) is 21.1. The fraction of sp³-hybridized carbons (Fsp3) is 0.308. The zero-order chi connectivity index (χ0) is 26.6. The summed E-state index contributed by atoms with van der Waals surface area (Å²) < 4.78 is 0. The number of phenolic OH excluding ortho intramolecular Hbond substituents is 1. The summed E-state index contributed by atoms with van der Waals surface area (Å²) in [6, 6.07) is 13.0. The average molecular weight is 526 g/mol. The van der Waals surface area contributed by atoms with Gasteiger partial charge in [0.2, 0.25) is 17.7 Å². The minimum Gasteiger partial charge on any atom is -0.508 e. The Bertz CT molecular complexity index is 1200.